The third-order valence-electron chi connectivity index (χ3n) is 4.17. The van der Waals surface area contributed by atoms with Crippen LogP contribution in [0.1, 0.15) is 15.4 Å². The maximum atomic E-state index is 12.2. The van der Waals surface area contributed by atoms with Crippen molar-refractivity contribution in [1.82, 2.24) is 19.4 Å². The van der Waals surface area contributed by atoms with E-state index in [1.54, 1.807) is 41.5 Å². The Hall–Kier alpha value is -3.16. The van der Waals surface area contributed by atoms with E-state index < -0.39 is 0 Å². The zero-order valence-corrected chi connectivity index (χ0v) is 16.2. The largest absolute Gasteiger partial charge is 0.346 e. The van der Waals surface area contributed by atoms with Gasteiger partial charge in [-0.3, -0.25) is 14.2 Å². The number of aromatic nitrogens is 3. The molecule has 0 radical (unpaired) electrons. The van der Waals surface area contributed by atoms with Crippen LogP contribution in [0.4, 0.5) is 0 Å². The number of hydrogen-bond acceptors (Lipinski definition) is 4. The predicted octanol–water partition coefficient (Wildman–Crippen LogP) is 3.67. The minimum atomic E-state index is -0.177. The average Bonchev–Trinajstić information content (AvgIpc) is 3.36. The fraction of sp³-hybridized carbons (Fsp3) is 0.0500. The lowest BCUT2D eigenvalue weighted by Gasteiger charge is -2.11. The van der Waals surface area contributed by atoms with E-state index in [-0.39, 0.29) is 11.5 Å². The lowest BCUT2D eigenvalue weighted by Crippen LogP contribution is -2.23. The van der Waals surface area contributed by atoms with Crippen LogP contribution in [-0.4, -0.2) is 20.0 Å². The van der Waals surface area contributed by atoms with Gasteiger partial charge in [-0.05, 0) is 42.5 Å². The van der Waals surface area contributed by atoms with Crippen molar-refractivity contribution in [2.45, 2.75) is 6.54 Å². The van der Waals surface area contributed by atoms with Crippen molar-refractivity contribution in [1.29, 1.82) is 0 Å². The average molecular weight is 411 g/mol. The molecule has 0 unspecified atom stereocenters. The molecule has 0 atom stereocenters. The van der Waals surface area contributed by atoms with Crippen LogP contribution in [0.25, 0.3) is 11.4 Å². The van der Waals surface area contributed by atoms with Crippen molar-refractivity contribution in [3.63, 3.8) is 0 Å². The number of nitrogens with one attached hydrogen (secondary N) is 1. The van der Waals surface area contributed by atoms with Crippen LogP contribution in [0.3, 0.4) is 0 Å². The summed E-state index contributed by atoms with van der Waals surface area (Å²) in [6.45, 7) is 0.328. The lowest BCUT2D eigenvalue weighted by atomic mass is 10.2. The van der Waals surface area contributed by atoms with Crippen molar-refractivity contribution in [3.05, 3.63) is 98.6 Å². The second-order valence-corrected chi connectivity index (χ2v) is 7.68. The summed E-state index contributed by atoms with van der Waals surface area (Å²) in [7, 11) is 0. The van der Waals surface area contributed by atoms with Gasteiger partial charge in [-0.1, -0.05) is 17.7 Å². The molecule has 0 aliphatic rings. The molecule has 28 heavy (non-hydrogen) atoms. The lowest BCUT2D eigenvalue weighted by molar-refractivity contribution is 0.0954. The van der Waals surface area contributed by atoms with Gasteiger partial charge < -0.3 is 9.88 Å². The minimum Gasteiger partial charge on any atom is -0.346 e. The van der Waals surface area contributed by atoms with Gasteiger partial charge in [0, 0.05) is 23.6 Å². The van der Waals surface area contributed by atoms with E-state index in [4.69, 9.17) is 11.6 Å². The van der Waals surface area contributed by atoms with E-state index in [1.165, 1.54) is 17.4 Å². The van der Waals surface area contributed by atoms with E-state index in [1.807, 2.05) is 34.9 Å². The first-order chi connectivity index (χ1) is 13.6. The molecule has 1 amide bonds. The quantitative estimate of drug-likeness (QED) is 0.545. The molecule has 6 nitrogen and oxygen atoms in total. The number of amides is 1. The number of benzene rings is 1. The van der Waals surface area contributed by atoms with Crippen molar-refractivity contribution < 1.29 is 4.79 Å². The fourth-order valence-electron chi connectivity index (χ4n) is 2.79. The highest BCUT2D eigenvalue weighted by atomic mass is 35.5. The Kier molecular flexibility index (Phi) is 5.10. The van der Waals surface area contributed by atoms with Crippen molar-refractivity contribution >= 4 is 28.8 Å². The monoisotopic (exact) mass is 410 g/mol. The molecule has 3 heterocycles. The highest BCUT2D eigenvalue weighted by Gasteiger charge is 2.11. The van der Waals surface area contributed by atoms with Crippen molar-refractivity contribution in [2.75, 3.05) is 0 Å². The van der Waals surface area contributed by atoms with Gasteiger partial charge in [0.15, 0.2) is 0 Å². The van der Waals surface area contributed by atoms with Crippen molar-refractivity contribution in [2.24, 2.45) is 0 Å². The Bertz CT molecular complexity index is 1180. The minimum absolute atomic E-state index is 0.0880. The summed E-state index contributed by atoms with van der Waals surface area (Å²) >= 11 is 7.12. The molecule has 4 rings (SSSR count). The van der Waals surface area contributed by atoms with Gasteiger partial charge in [-0.15, -0.1) is 11.3 Å². The molecule has 0 spiro atoms. The number of carbonyl (C=O) groups excluding carboxylic acids is 1. The zero-order valence-electron chi connectivity index (χ0n) is 14.6. The smallest absolute Gasteiger partial charge is 0.261 e. The van der Waals surface area contributed by atoms with Crippen LogP contribution in [0.15, 0.2) is 78.1 Å². The van der Waals surface area contributed by atoms with Gasteiger partial charge >= 0.3 is 0 Å². The molecule has 140 valence electrons. The normalized spacial score (nSPS) is 10.8. The maximum Gasteiger partial charge on any atom is 0.261 e. The Morgan fingerprint density at radius 1 is 1.04 bits per heavy atom. The van der Waals surface area contributed by atoms with Crippen molar-refractivity contribution in [3.8, 4) is 11.4 Å². The molecular weight excluding hydrogens is 396 g/mol. The number of imidazole rings is 1. The molecule has 4 aromatic rings. The standard InChI is InChI=1S/C20H15ClN4O2S/c21-18-9-8-17(28-18)20(27)23-12-16-11-22-13-25(16)15-6-4-14(5-7-15)24-10-2-1-3-19(24)26/h1-11,13H,12H2,(H,23,27). The SMILES string of the molecule is O=C(NCc1cncn1-c1ccc(-n2ccccc2=O)cc1)c1ccc(Cl)s1. The molecule has 1 aromatic carbocycles. The van der Waals surface area contributed by atoms with E-state index in [0.29, 0.717) is 15.8 Å². The van der Waals surface area contributed by atoms with Gasteiger partial charge in [0.2, 0.25) is 0 Å². The molecular formula is C20H15ClN4O2S. The first-order valence-electron chi connectivity index (χ1n) is 8.45. The molecule has 0 saturated heterocycles. The van der Waals surface area contributed by atoms with Crippen LogP contribution in [0, 0.1) is 0 Å². The van der Waals surface area contributed by atoms with Gasteiger partial charge in [-0.2, -0.15) is 0 Å². The summed E-state index contributed by atoms with van der Waals surface area (Å²) in [5, 5.41) is 2.88. The fourth-order valence-corrected chi connectivity index (χ4v) is 3.75. The molecule has 1 N–H and O–H groups in total. The Labute approximate surface area is 169 Å². The summed E-state index contributed by atoms with van der Waals surface area (Å²) in [5.41, 5.74) is 2.41. The summed E-state index contributed by atoms with van der Waals surface area (Å²) in [6.07, 6.45) is 5.12. The summed E-state index contributed by atoms with van der Waals surface area (Å²) in [4.78, 5) is 28.9. The van der Waals surface area contributed by atoms with Crippen LogP contribution >= 0.6 is 22.9 Å². The molecule has 0 aliphatic carbocycles. The van der Waals surface area contributed by atoms with E-state index >= 15 is 0 Å². The van der Waals surface area contributed by atoms with Gasteiger partial charge in [0.1, 0.15) is 0 Å². The van der Waals surface area contributed by atoms with Gasteiger partial charge in [0.25, 0.3) is 11.5 Å². The van der Waals surface area contributed by atoms with Gasteiger partial charge in [-0.25, -0.2) is 4.98 Å². The first-order valence-corrected chi connectivity index (χ1v) is 9.64. The Balaban J connectivity index is 1.51. The number of thiophene rings is 1. The maximum absolute atomic E-state index is 12.2. The third-order valence-corrected chi connectivity index (χ3v) is 5.40. The highest BCUT2D eigenvalue weighted by Crippen LogP contribution is 2.21. The Morgan fingerprint density at radius 2 is 1.79 bits per heavy atom. The van der Waals surface area contributed by atoms with E-state index in [2.05, 4.69) is 10.3 Å². The third kappa shape index (κ3) is 3.76. The number of hydrogen-bond donors (Lipinski definition) is 1. The molecule has 0 aliphatic heterocycles. The number of nitrogens with zero attached hydrogens (tertiary/aromatic N) is 3. The summed E-state index contributed by atoms with van der Waals surface area (Å²) in [6, 6.07) is 16.0. The van der Waals surface area contributed by atoms with Crippen LogP contribution in [0.2, 0.25) is 4.34 Å². The number of pyridine rings is 1. The topological polar surface area (TPSA) is 68.9 Å². The molecule has 0 saturated carbocycles. The van der Waals surface area contributed by atoms with E-state index in [0.717, 1.165) is 17.1 Å². The van der Waals surface area contributed by atoms with Crippen LogP contribution in [0.5, 0.6) is 0 Å². The Morgan fingerprint density at radius 3 is 2.46 bits per heavy atom. The number of carbonyl (C=O) groups is 1. The second kappa shape index (κ2) is 7.84. The first kappa shape index (κ1) is 18.2. The van der Waals surface area contributed by atoms with Crippen LogP contribution < -0.4 is 10.9 Å². The second-order valence-electron chi connectivity index (χ2n) is 5.97. The number of halogens is 1. The highest BCUT2D eigenvalue weighted by molar-refractivity contribution is 7.17. The summed E-state index contributed by atoms with van der Waals surface area (Å²) < 4.78 is 4.04. The molecule has 8 heteroatoms. The molecule has 0 bridgehead atoms. The van der Waals surface area contributed by atoms with Crippen LogP contribution in [-0.2, 0) is 6.54 Å². The number of rotatable bonds is 5. The molecule has 0 fully saturated rings. The predicted molar refractivity (Wildman–Crippen MR) is 110 cm³/mol. The zero-order chi connectivity index (χ0) is 19.5. The summed E-state index contributed by atoms with van der Waals surface area (Å²) in [5.74, 6) is -0.177. The van der Waals surface area contributed by atoms with E-state index in [9.17, 15) is 9.59 Å². The molecule has 3 aromatic heterocycles. The van der Waals surface area contributed by atoms with Gasteiger partial charge in [0.05, 0.1) is 34.0 Å².